The van der Waals surface area contributed by atoms with Crippen LogP contribution in [0, 0.1) is 6.92 Å². The number of furan rings is 1. The topological polar surface area (TPSA) is 94.4 Å². The third-order valence-corrected chi connectivity index (χ3v) is 4.70. The lowest BCUT2D eigenvalue weighted by atomic mass is 10.00. The second-order valence-corrected chi connectivity index (χ2v) is 6.50. The summed E-state index contributed by atoms with van der Waals surface area (Å²) in [6, 6.07) is 5.31. The molecule has 134 valence electrons. The number of rotatable bonds is 4. The number of hydrogen-bond donors (Lipinski definition) is 1. The molecule has 7 nitrogen and oxygen atoms in total. The Balaban J connectivity index is 1.87. The third kappa shape index (κ3) is 3.60. The molecule has 3 heterocycles. The number of nitrogen functional groups attached to an aromatic ring is 1. The van der Waals surface area contributed by atoms with Gasteiger partial charge in [-0.2, -0.15) is 5.10 Å². The molecule has 0 unspecified atom stereocenters. The van der Waals surface area contributed by atoms with Gasteiger partial charge >= 0.3 is 0 Å². The summed E-state index contributed by atoms with van der Waals surface area (Å²) in [4.78, 5) is 26.9. The highest BCUT2D eigenvalue weighted by Gasteiger charge is 2.26. The molecule has 2 N–H and O–H groups in total. The summed E-state index contributed by atoms with van der Waals surface area (Å²) in [7, 11) is 0. The minimum atomic E-state index is -0.453. The van der Waals surface area contributed by atoms with Gasteiger partial charge < -0.3 is 15.1 Å². The molecule has 1 amide bonds. The normalized spacial score (nSPS) is 17.7. The quantitative estimate of drug-likeness (QED) is 0.917. The Kier molecular flexibility index (Phi) is 4.92. The summed E-state index contributed by atoms with van der Waals surface area (Å²) in [6.07, 6.45) is 4.07. The van der Waals surface area contributed by atoms with E-state index >= 15 is 0 Å². The van der Waals surface area contributed by atoms with Crippen LogP contribution in [0.1, 0.15) is 38.4 Å². The molecular weight excluding hydrogens is 320 g/mol. The van der Waals surface area contributed by atoms with Gasteiger partial charge in [0, 0.05) is 12.6 Å². The zero-order valence-electron chi connectivity index (χ0n) is 14.7. The molecule has 2 aromatic rings. The van der Waals surface area contributed by atoms with Crippen molar-refractivity contribution in [3.63, 3.8) is 0 Å². The number of likely N-dealkylation sites (tertiary alicyclic amines) is 1. The predicted octanol–water partition coefficient (Wildman–Crippen LogP) is 2.19. The molecule has 0 saturated carbocycles. The second kappa shape index (κ2) is 7.13. The number of anilines is 1. The van der Waals surface area contributed by atoms with Gasteiger partial charge in [-0.05, 0) is 50.8 Å². The number of hydrogen-bond acceptors (Lipinski definition) is 5. The van der Waals surface area contributed by atoms with Crippen LogP contribution in [0.3, 0.4) is 0 Å². The fourth-order valence-corrected chi connectivity index (χ4v) is 3.33. The van der Waals surface area contributed by atoms with Gasteiger partial charge in [0.1, 0.15) is 23.7 Å². The molecule has 7 heteroatoms. The van der Waals surface area contributed by atoms with Crippen molar-refractivity contribution in [1.82, 2.24) is 14.7 Å². The maximum Gasteiger partial charge on any atom is 0.290 e. The molecule has 25 heavy (non-hydrogen) atoms. The van der Waals surface area contributed by atoms with E-state index in [2.05, 4.69) is 12.0 Å². The number of nitrogens with two attached hydrogens (primary N) is 1. The standard InChI is InChI=1S/C18H24N4O3/c1-3-13-6-4-5-9-21(13)17(23)11-22-18(24)14(19)10-15(20-22)16-8-7-12(2)25-16/h7-8,10,13H,3-6,9,11,19H2,1-2H3/t13-/m1/s1. The Morgan fingerprint density at radius 1 is 1.40 bits per heavy atom. The molecule has 0 aliphatic carbocycles. The highest BCUT2D eigenvalue weighted by atomic mass is 16.3. The summed E-state index contributed by atoms with van der Waals surface area (Å²) < 4.78 is 6.69. The first kappa shape index (κ1) is 17.3. The van der Waals surface area contributed by atoms with Gasteiger partial charge in [0.2, 0.25) is 5.91 Å². The van der Waals surface area contributed by atoms with Gasteiger partial charge in [-0.15, -0.1) is 0 Å². The van der Waals surface area contributed by atoms with Crippen LogP contribution in [-0.4, -0.2) is 33.2 Å². The van der Waals surface area contributed by atoms with Crippen LogP contribution in [0.25, 0.3) is 11.5 Å². The highest BCUT2D eigenvalue weighted by molar-refractivity contribution is 5.76. The van der Waals surface area contributed by atoms with Crippen LogP contribution < -0.4 is 11.3 Å². The number of aromatic nitrogens is 2. The van der Waals surface area contributed by atoms with E-state index in [9.17, 15) is 9.59 Å². The van der Waals surface area contributed by atoms with Crippen molar-refractivity contribution >= 4 is 11.6 Å². The number of piperidine rings is 1. The molecule has 1 saturated heterocycles. The van der Waals surface area contributed by atoms with Crippen molar-refractivity contribution < 1.29 is 9.21 Å². The summed E-state index contributed by atoms with van der Waals surface area (Å²) in [5, 5.41) is 4.29. The van der Waals surface area contributed by atoms with Gasteiger partial charge in [-0.3, -0.25) is 9.59 Å². The van der Waals surface area contributed by atoms with Crippen molar-refractivity contribution in [1.29, 1.82) is 0 Å². The Hall–Kier alpha value is -2.57. The molecule has 0 spiro atoms. The molecule has 0 radical (unpaired) electrons. The number of aryl methyl sites for hydroxylation is 1. The smallest absolute Gasteiger partial charge is 0.290 e. The van der Waals surface area contributed by atoms with E-state index in [1.165, 1.54) is 6.07 Å². The van der Waals surface area contributed by atoms with E-state index in [0.29, 0.717) is 11.5 Å². The van der Waals surface area contributed by atoms with Gasteiger partial charge in [0.05, 0.1) is 0 Å². The minimum Gasteiger partial charge on any atom is -0.460 e. The van der Waals surface area contributed by atoms with Crippen molar-refractivity contribution in [2.75, 3.05) is 12.3 Å². The lowest BCUT2D eigenvalue weighted by Gasteiger charge is -2.35. The first-order chi connectivity index (χ1) is 12.0. The van der Waals surface area contributed by atoms with Crippen molar-refractivity contribution in [3.8, 4) is 11.5 Å². The third-order valence-electron chi connectivity index (χ3n) is 4.70. The summed E-state index contributed by atoms with van der Waals surface area (Å²) >= 11 is 0. The zero-order valence-corrected chi connectivity index (χ0v) is 14.7. The molecule has 1 atom stereocenters. The van der Waals surface area contributed by atoms with Crippen LogP contribution in [-0.2, 0) is 11.3 Å². The van der Waals surface area contributed by atoms with Crippen LogP contribution in [0.2, 0.25) is 0 Å². The number of carbonyl (C=O) groups excluding carboxylic acids is 1. The lowest BCUT2D eigenvalue weighted by Crippen LogP contribution is -2.46. The minimum absolute atomic E-state index is 0.0533. The van der Waals surface area contributed by atoms with E-state index in [0.717, 1.165) is 42.7 Å². The first-order valence-electron chi connectivity index (χ1n) is 8.73. The van der Waals surface area contributed by atoms with Crippen LogP contribution in [0.5, 0.6) is 0 Å². The van der Waals surface area contributed by atoms with Crippen LogP contribution >= 0.6 is 0 Å². The van der Waals surface area contributed by atoms with Crippen molar-refractivity contribution in [3.05, 3.63) is 34.3 Å². The van der Waals surface area contributed by atoms with Gasteiger partial charge in [0.15, 0.2) is 5.76 Å². The fourth-order valence-electron chi connectivity index (χ4n) is 3.33. The summed E-state index contributed by atoms with van der Waals surface area (Å²) in [6.45, 7) is 4.54. The molecule has 0 bridgehead atoms. The number of amides is 1. The molecule has 0 aromatic carbocycles. The SMILES string of the molecule is CC[C@@H]1CCCCN1C(=O)Cn1nc(-c2ccc(C)o2)cc(N)c1=O. The van der Waals surface area contributed by atoms with E-state index in [-0.39, 0.29) is 24.2 Å². The molecule has 3 rings (SSSR count). The Morgan fingerprint density at radius 2 is 2.20 bits per heavy atom. The summed E-state index contributed by atoms with van der Waals surface area (Å²) in [5.41, 5.74) is 5.88. The molecule has 1 fully saturated rings. The van der Waals surface area contributed by atoms with Gasteiger partial charge in [-0.1, -0.05) is 6.92 Å². The average Bonchev–Trinajstić information content (AvgIpc) is 3.05. The van der Waals surface area contributed by atoms with E-state index in [1.54, 1.807) is 6.07 Å². The van der Waals surface area contributed by atoms with Crippen LogP contribution in [0.15, 0.2) is 27.4 Å². The Bertz CT molecular complexity index is 824. The van der Waals surface area contributed by atoms with Crippen molar-refractivity contribution in [2.45, 2.75) is 52.1 Å². The monoisotopic (exact) mass is 344 g/mol. The first-order valence-corrected chi connectivity index (χ1v) is 8.73. The van der Waals surface area contributed by atoms with E-state index in [4.69, 9.17) is 10.2 Å². The van der Waals surface area contributed by atoms with E-state index < -0.39 is 5.56 Å². The Labute approximate surface area is 146 Å². The lowest BCUT2D eigenvalue weighted by molar-refractivity contribution is -0.135. The zero-order chi connectivity index (χ0) is 18.0. The maximum atomic E-state index is 12.7. The highest BCUT2D eigenvalue weighted by Crippen LogP contribution is 2.21. The van der Waals surface area contributed by atoms with Gasteiger partial charge in [0.25, 0.3) is 5.56 Å². The molecule has 1 aliphatic heterocycles. The Morgan fingerprint density at radius 3 is 2.88 bits per heavy atom. The fraction of sp³-hybridized carbons (Fsp3) is 0.500. The van der Waals surface area contributed by atoms with E-state index in [1.807, 2.05) is 17.9 Å². The van der Waals surface area contributed by atoms with Crippen molar-refractivity contribution in [2.24, 2.45) is 0 Å². The molecular formula is C18H24N4O3. The molecule has 2 aromatic heterocycles. The largest absolute Gasteiger partial charge is 0.460 e. The number of nitrogens with zero attached hydrogens (tertiary/aromatic N) is 3. The average molecular weight is 344 g/mol. The summed E-state index contributed by atoms with van der Waals surface area (Å²) in [5.74, 6) is 1.17. The molecule has 1 aliphatic rings. The maximum absolute atomic E-state index is 12.7. The van der Waals surface area contributed by atoms with Crippen LogP contribution in [0.4, 0.5) is 5.69 Å². The number of carbonyl (C=O) groups is 1. The van der Waals surface area contributed by atoms with Gasteiger partial charge in [-0.25, -0.2) is 4.68 Å². The second-order valence-electron chi connectivity index (χ2n) is 6.50. The predicted molar refractivity (Wildman–Crippen MR) is 95.0 cm³/mol.